The van der Waals surface area contributed by atoms with Crippen molar-refractivity contribution in [3.63, 3.8) is 0 Å². The highest BCUT2D eigenvalue weighted by atomic mass is 16.4. The SMILES string of the molecule is O=C(Nc1ncnc2c1ncn2[C@H]1C[C@@H](O)[C@H](O)[C@@H]1O)c1ccccc1. The normalized spacial score (nSPS) is 25.5. The highest BCUT2D eigenvalue weighted by molar-refractivity contribution is 6.06. The molecule has 0 saturated heterocycles. The van der Waals surface area contributed by atoms with Crippen LogP contribution in [0.4, 0.5) is 5.82 Å². The summed E-state index contributed by atoms with van der Waals surface area (Å²) in [4.78, 5) is 24.8. The highest BCUT2D eigenvalue weighted by Gasteiger charge is 2.42. The van der Waals surface area contributed by atoms with E-state index in [0.29, 0.717) is 16.7 Å². The maximum atomic E-state index is 12.3. The first-order valence-corrected chi connectivity index (χ1v) is 8.14. The summed E-state index contributed by atoms with van der Waals surface area (Å²) in [6.07, 6.45) is -0.475. The van der Waals surface area contributed by atoms with Crippen molar-refractivity contribution in [3.8, 4) is 0 Å². The van der Waals surface area contributed by atoms with Crippen molar-refractivity contribution in [2.24, 2.45) is 0 Å². The minimum absolute atomic E-state index is 0.170. The molecule has 2 aromatic heterocycles. The smallest absolute Gasteiger partial charge is 0.256 e. The topological polar surface area (TPSA) is 133 Å². The van der Waals surface area contributed by atoms with Gasteiger partial charge in [0.2, 0.25) is 0 Å². The summed E-state index contributed by atoms with van der Waals surface area (Å²) in [5.41, 5.74) is 1.24. The summed E-state index contributed by atoms with van der Waals surface area (Å²) < 4.78 is 1.58. The molecule has 9 heteroatoms. The number of hydrogen-bond donors (Lipinski definition) is 4. The third kappa shape index (κ3) is 2.71. The Morgan fingerprint density at radius 2 is 1.85 bits per heavy atom. The van der Waals surface area contributed by atoms with Gasteiger partial charge >= 0.3 is 0 Å². The van der Waals surface area contributed by atoms with E-state index in [0.717, 1.165) is 0 Å². The van der Waals surface area contributed by atoms with Gasteiger partial charge in [0.05, 0.1) is 18.5 Å². The maximum Gasteiger partial charge on any atom is 0.256 e. The van der Waals surface area contributed by atoms with Crippen molar-refractivity contribution in [2.75, 3.05) is 5.32 Å². The van der Waals surface area contributed by atoms with E-state index >= 15 is 0 Å². The van der Waals surface area contributed by atoms with Crippen molar-refractivity contribution in [3.05, 3.63) is 48.5 Å². The number of amides is 1. The second kappa shape index (κ2) is 6.45. The van der Waals surface area contributed by atoms with Gasteiger partial charge in [-0.2, -0.15) is 0 Å². The number of aromatic nitrogens is 4. The Bertz CT molecular complexity index is 945. The molecule has 1 amide bonds. The molecule has 26 heavy (non-hydrogen) atoms. The zero-order valence-corrected chi connectivity index (χ0v) is 13.6. The summed E-state index contributed by atoms with van der Waals surface area (Å²) in [5.74, 6) is -0.0805. The number of aliphatic hydroxyl groups is 3. The van der Waals surface area contributed by atoms with Gasteiger partial charge in [0.1, 0.15) is 18.5 Å². The first kappa shape index (κ1) is 16.6. The molecule has 1 aromatic carbocycles. The van der Waals surface area contributed by atoms with Gasteiger partial charge in [-0.05, 0) is 18.6 Å². The fourth-order valence-corrected chi connectivity index (χ4v) is 3.21. The van der Waals surface area contributed by atoms with Crippen LogP contribution in [0.5, 0.6) is 0 Å². The van der Waals surface area contributed by atoms with Crippen LogP contribution in [0, 0.1) is 0 Å². The van der Waals surface area contributed by atoms with E-state index in [1.807, 2.05) is 6.07 Å². The third-order valence-electron chi connectivity index (χ3n) is 4.61. The van der Waals surface area contributed by atoms with Crippen LogP contribution in [0.3, 0.4) is 0 Å². The molecule has 1 aliphatic carbocycles. The molecule has 4 rings (SSSR count). The number of nitrogens with zero attached hydrogens (tertiary/aromatic N) is 4. The lowest BCUT2D eigenvalue weighted by molar-refractivity contribution is -0.0244. The average molecular weight is 355 g/mol. The van der Waals surface area contributed by atoms with Crippen LogP contribution >= 0.6 is 0 Å². The predicted molar refractivity (Wildman–Crippen MR) is 91.4 cm³/mol. The fourth-order valence-electron chi connectivity index (χ4n) is 3.21. The monoisotopic (exact) mass is 355 g/mol. The molecule has 1 saturated carbocycles. The van der Waals surface area contributed by atoms with Crippen LogP contribution in [0.2, 0.25) is 0 Å². The number of imidazole rings is 1. The number of nitrogens with one attached hydrogen (secondary N) is 1. The molecule has 4 N–H and O–H groups in total. The average Bonchev–Trinajstić information content (AvgIpc) is 3.20. The van der Waals surface area contributed by atoms with E-state index in [1.54, 1.807) is 28.8 Å². The first-order chi connectivity index (χ1) is 12.6. The van der Waals surface area contributed by atoms with Crippen LogP contribution in [0.1, 0.15) is 22.8 Å². The number of carbonyl (C=O) groups excluding carboxylic acids is 1. The molecule has 1 fully saturated rings. The molecular weight excluding hydrogens is 338 g/mol. The lowest BCUT2D eigenvalue weighted by atomic mass is 10.2. The lowest BCUT2D eigenvalue weighted by Crippen LogP contribution is -2.31. The van der Waals surface area contributed by atoms with Crippen LogP contribution in [0.15, 0.2) is 43.0 Å². The summed E-state index contributed by atoms with van der Waals surface area (Å²) in [6, 6.07) is 8.14. The van der Waals surface area contributed by atoms with Crippen molar-refractivity contribution in [1.82, 2.24) is 19.5 Å². The molecule has 4 atom stereocenters. The Morgan fingerprint density at radius 1 is 1.08 bits per heavy atom. The van der Waals surface area contributed by atoms with E-state index in [-0.39, 0.29) is 18.1 Å². The van der Waals surface area contributed by atoms with Gasteiger partial charge in [0.25, 0.3) is 5.91 Å². The molecular formula is C17H17N5O4. The lowest BCUT2D eigenvalue weighted by Gasteiger charge is -2.17. The van der Waals surface area contributed by atoms with E-state index < -0.39 is 24.4 Å². The molecule has 0 aliphatic heterocycles. The number of carbonyl (C=O) groups is 1. The standard InChI is InChI=1S/C17H17N5O4/c23-11-6-10(13(24)14(11)25)22-8-20-12-15(18-7-19-16(12)22)21-17(26)9-4-2-1-3-5-9/h1-5,7-8,10-11,13-14,23-25H,6H2,(H,18,19,21,26)/t10-,11+,13+,14-/m0/s1. The van der Waals surface area contributed by atoms with Gasteiger partial charge in [-0.3, -0.25) is 4.79 Å². The summed E-state index contributed by atoms with van der Waals surface area (Å²) in [6.45, 7) is 0. The maximum absolute atomic E-state index is 12.3. The summed E-state index contributed by atoms with van der Waals surface area (Å²) in [5, 5.41) is 32.4. The number of hydrogen-bond acceptors (Lipinski definition) is 7. The Balaban J connectivity index is 1.67. The van der Waals surface area contributed by atoms with Crippen molar-refractivity contribution < 1.29 is 20.1 Å². The fraction of sp³-hybridized carbons (Fsp3) is 0.294. The number of anilines is 1. The third-order valence-corrected chi connectivity index (χ3v) is 4.61. The minimum Gasteiger partial charge on any atom is -0.390 e. The van der Waals surface area contributed by atoms with Crippen LogP contribution < -0.4 is 5.32 Å². The van der Waals surface area contributed by atoms with Crippen LogP contribution in [0.25, 0.3) is 11.2 Å². The molecule has 2 heterocycles. The quantitative estimate of drug-likeness (QED) is 0.524. The number of fused-ring (bicyclic) bond motifs is 1. The number of rotatable bonds is 3. The Morgan fingerprint density at radius 3 is 2.54 bits per heavy atom. The molecule has 1 aliphatic rings. The predicted octanol–water partition coefficient (Wildman–Crippen LogP) is 0.106. The van der Waals surface area contributed by atoms with E-state index in [1.165, 1.54) is 12.7 Å². The van der Waals surface area contributed by atoms with Crippen molar-refractivity contribution in [2.45, 2.75) is 30.8 Å². The second-order valence-electron chi connectivity index (χ2n) is 6.22. The number of benzene rings is 1. The molecule has 134 valence electrons. The molecule has 3 aromatic rings. The molecule has 0 spiro atoms. The Hall–Kier alpha value is -2.88. The van der Waals surface area contributed by atoms with Gasteiger partial charge in [-0.15, -0.1) is 0 Å². The molecule has 0 bridgehead atoms. The first-order valence-electron chi connectivity index (χ1n) is 8.14. The molecule has 9 nitrogen and oxygen atoms in total. The van der Waals surface area contributed by atoms with Crippen LogP contribution in [-0.2, 0) is 0 Å². The van der Waals surface area contributed by atoms with Gasteiger partial charge in [0.15, 0.2) is 17.0 Å². The summed E-state index contributed by atoms with van der Waals surface area (Å²) in [7, 11) is 0. The number of aliphatic hydroxyl groups excluding tert-OH is 3. The highest BCUT2D eigenvalue weighted by Crippen LogP contribution is 2.33. The van der Waals surface area contributed by atoms with Crippen molar-refractivity contribution >= 4 is 22.9 Å². The van der Waals surface area contributed by atoms with Gasteiger partial charge in [-0.1, -0.05) is 18.2 Å². The van der Waals surface area contributed by atoms with E-state index in [2.05, 4.69) is 20.3 Å². The minimum atomic E-state index is -1.23. The van der Waals surface area contributed by atoms with Crippen LogP contribution in [-0.4, -0.2) is 59.1 Å². The Kier molecular flexibility index (Phi) is 4.11. The second-order valence-corrected chi connectivity index (χ2v) is 6.22. The largest absolute Gasteiger partial charge is 0.390 e. The zero-order valence-electron chi connectivity index (χ0n) is 13.6. The van der Waals surface area contributed by atoms with Gasteiger partial charge < -0.3 is 25.2 Å². The van der Waals surface area contributed by atoms with E-state index in [9.17, 15) is 20.1 Å². The van der Waals surface area contributed by atoms with Gasteiger partial charge in [-0.25, -0.2) is 15.0 Å². The van der Waals surface area contributed by atoms with Crippen molar-refractivity contribution in [1.29, 1.82) is 0 Å². The molecule has 0 unspecified atom stereocenters. The Labute approximate surface area is 148 Å². The van der Waals surface area contributed by atoms with Gasteiger partial charge in [0, 0.05) is 5.56 Å². The summed E-state index contributed by atoms with van der Waals surface area (Å²) >= 11 is 0. The zero-order chi connectivity index (χ0) is 18.3. The van der Waals surface area contributed by atoms with E-state index in [4.69, 9.17) is 0 Å². The molecule has 0 radical (unpaired) electrons.